The summed E-state index contributed by atoms with van der Waals surface area (Å²) < 4.78 is 17.5. The number of aryl methyl sites for hydroxylation is 2. The molecule has 2 aromatic carbocycles. The van der Waals surface area contributed by atoms with Gasteiger partial charge in [0, 0.05) is 6.42 Å². The smallest absolute Gasteiger partial charge is 0.263 e. The number of hydrogen-bond acceptors (Lipinski definition) is 6. The van der Waals surface area contributed by atoms with Gasteiger partial charge in [-0.25, -0.2) is 0 Å². The number of amides is 1. The molecule has 1 aliphatic rings. The fourth-order valence-corrected chi connectivity index (χ4v) is 4.29. The van der Waals surface area contributed by atoms with Crippen LogP contribution in [0.4, 0.5) is 0 Å². The van der Waals surface area contributed by atoms with Gasteiger partial charge in [-0.05, 0) is 60.9 Å². The zero-order valence-corrected chi connectivity index (χ0v) is 19.3. The van der Waals surface area contributed by atoms with Gasteiger partial charge in [-0.15, -0.1) is 0 Å². The maximum atomic E-state index is 11.8. The van der Waals surface area contributed by atoms with E-state index >= 15 is 0 Å². The van der Waals surface area contributed by atoms with Crippen LogP contribution in [-0.4, -0.2) is 30.6 Å². The maximum absolute atomic E-state index is 11.8. The summed E-state index contributed by atoms with van der Waals surface area (Å²) in [5.41, 5.74) is 3.07. The van der Waals surface area contributed by atoms with Crippen molar-refractivity contribution in [2.75, 3.05) is 20.3 Å². The lowest BCUT2D eigenvalue weighted by Gasteiger charge is -2.14. The number of carbonyl (C=O) groups excluding carboxylic acids is 1. The molecule has 0 atom stereocenters. The van der Waals surface area contributed by atoms with E-state index in [-0.39, 0.29) is 5.91 Å². The molecule has 1 amide bonds. The molecule has 30 heavy (non-hydrogen) atoms. The highest BCUT2D eigenvalue weighted by Crippen LogP contribution is 2.38. The van der Waals surface area contributed by atoms with Gasteiger partial charge in [0.05, 0.1) is 30.3 Å². The fraction of sp³-hybridized carbons (Fsp3) is 0.273. The van der Waals surface area contributed by atoms with Crippen molar-refractivity contribution in [1.29, 1.82) is 0 Å². The molecule has 1 N–H and O–H groups in total. The minimum atomic E-state index is -0.218. The van der Waals surface area contributed by atoms with Crippen molar-refractivity contribution >= 4 is 51.9 Å². The topological polar surface area (TPSA) is 56.8 Å². The molecule has 0 spiro atoms. The van der Waals surface area contributed by atoms with E-state index in [4.69, 9.17) is 38.0 Å². The molecule has 0 radical (unpaired) electrons. The summed E-state index contributed by atoms with van der Waals surface area (Å²) in [6.07, 6.45) is 2.40. The molecule has 5 nitrogen and oxygen atoms in total. The van der Waals surface area contributed by atoms with Crippen LogP contribution in [0.15, 0.2) is 35.2 Å². The number of carbonyl (C=O) groups is 1. The summed E-state index contributed by atoms with van der Waals surface area (Å²) in [4.78, 5) is 12.4. The number of halogens is 1. The van der Waals surface area contributed by atoms with Gasteiger partial charge in [0.1, 0.15) is 10.1 Å². The van der Waals surface area contributed by atoms with Crippen LogP contribution >= 0.6 is 35.6 Å². The van der Waals surface area contributed by atoms with Crippen molar-refractivity contribution in [3.63, 3.8) is 0 Å². The lowest BCUT2D eigenvalue weighted by atomic mass is 10.1. The average Bonchev–Trinajstić information content (AvgIpc) is 2.98. The molecule has 1 saturated heterocycles. The molecule has 0 aromatic heterocycles. The third-order valence-corrected chi connectivity index (χ3v) is 5.63. The van der Waals surface area contributed by atoms with Crippen LogP contribution in [-0.2, 0) is 4.79 Å². The first-order chi connectivity index (χ1) is 14.4. The van der Waals surface area contributed by atoms with E-state index in [9.17, 15) is 4.79 Å². The van der Waals surface area contributed by atoms with Crippen molar-refractivity contribution in [2.24, 2.45) is 0 Å². The first-order valence-corrected chi connectivity index (χ1v) is 10.9. The molecule has 0 saturated carbocycles. The van der Waals surface area contributed by atoms with E-state index in [1.165, 1.54) is 22.9 Å². The highest BCUT2D eigenvalue weighted by molar-refractivity contribution is 8.26. The van der Waals surface area contributed by atoms with Crippen molar-refractivity contribution in [2.45, 2.75) is 20.3 Å². The van der Waals surface area contributed by atoms with Crippen LogP contribution in [0.2, 0.25) is 5.02 Å². The molecular weight excluding hydrogens is 442 g/mol. The standard InChI is InChI=1S/C22H22ClNO4S2/c1-13-7-14(2)9-16(8-13)27-5-4-6-28-20-17(23)10-15(11-18(20)26-3)12-19-21(25)24-22(29)30-19/h7-12H,4-6H2,1-3H3,(H,24,25,29). The molecule has 1 aliphatic heterocycles. The molecule has 0 aliphatic carbocycles. The van der Waals surface area contributed by atoms with Gasteiger partial charge >= 0.3 is 0 Å². The maximum Gasteiger partial charge on any atom is 0.263 e. The van der Waals surface area contributed by atoms with E-state index in [0.29, 0.717) is 45.4 Å². The van der Waals surface area contributed by atoms with Gasteiger partial charge in [0.25, 0.3) is 5.91 Å². The first kappa shape index (κ1) is 22.5. The third kappa shape index (κ3) is 5.90. The van der Waals surface area contributed by atoms with Gasteiger partial charge in [-0.2, -0.15) is 0 Å². The number of thioether (sulfide) groups is 1. The van der Waals surface area contributed by atoms with Gasteiger partial charge in [-0.1, -0.05) is 41.6 Å². The number of thiocarbonyl (C=S) groups is 1. The molecule has 2 aromatic rings. The van der Waals surface area contributed by atoms with E-state index in [1.807, 2.05) is 26.0 Å². The summed E-state index contributed by atoms with van der Waals surface area (Å²) in [5.74, 6) is 1.60. The van der Waals surface area contributed by atoms with Crippen LogP contribution in [0.25, 0.3) is 6.08 Å². The number of hydrogen-bond donors (Lipinski definition) is 1. The van der Waals surface area contributed by atoms with Crippen LogP contribution in [0.1, 0.15) is 23.1 Å². The monoisotopic (exact) mass is 463 g/mol. The summed E-state index contributed by atoms with van der Waals surface area (Å²) >= 11 is 12.6. The Morgan fingerprint density at radius 3 is 2.43 bits per heavy atom. The number of benzene rings is 2. The molecule has 0 unspecified atom stereocenters. The van der Waals surface area contributed by atoms with Crippen LogP contribution in [0, 0.1) is 13.8 Å². The Kier molecular flexibility index (Phi) is 7.64. The zero-order chi connectivity index (χ0) is 21.7. The third-order valence-electron chi connectivity index (χ3n) is 4.19. The number of ether oxygens (including phenoxy) is 3. The Balaban J connectivity index is 1.60. The van der Waals surface area contributed by atoms with Crippen molar-refractivity contribution in [1.82, 2.24) is 5.32 Å². The number of rotatable bonds is 8. The van der Waals surface area contributed by atoms with Gasteiger partial charge < -0.3 is 19.5 Å². The molecule has 1 heterocycles. The Labute approximate surface area is 190 Å². The Morgan fingerprint density at radius 2 is 1.80 bits per heavy atom. The zero-order valence-electron chi connectivity index (χ0n) is 16.9. The SMILES string of the molecule is COc1cc(C=C2SC(=S)NC2=O)cc(Cl)c1OCCCOc1cc(C)cc(C)c1. The average molecular weight is 464 g/mol. The van der Waals surface area contributed by atoms with Gasteiger partial charge in [0.2, 0.25) is 0 Å². The van der Waals surface area contributed by atoms with E-state index in [1.54, 1.807) is 25.3 Å². The van der Waals surface area contributed by atoms with E-state index in [2.05, 4.69) is 11.4 Å². The Hall–Kier alpha value is -2.22. The second-order valence-corrected chi connectivity index (χ2v) is 8.89. The molecule has 1 fully saturated rings. The lowest BCUT2D eigenvalue weighted by Crippen LogP contribution is -2.17. The fourth-order valence-electron chi connectivity index (χ4n) is 2.98. The van der Waals surface area contributed by atoms with Crippen LogP contribution in [0.3, 0.4) is 0 Å². The van der Waals surface area contributed by atoms with Crippen molar-refractivity contribution in [3.05, 3.63) is 56.9 Å². The summed E-state index contributed by atoms with van der Waals surface area (Å²) in [7, 11) is 1.55. The largest absolute Gasteiger partial charge is 0.493 e. The predicted molar refractivity (Wildman–Crippen MR) is 126 cm³/mol. The normalized spacial score (nSPS) is 14.7. The van der Waals surface area contributed by atoms with Gasteiger partial charge in [0.15, 0.2) is 11.5 Å². The minimum Gasteiger partial charge on any atom is -0.493 e. The summed E-state index contributed by atoms with van der Waals surface area (Å²) in [6.45, 7) is 5.04. The van der Waals surface area contributed by atoms with Crippen molar-refractivity contribution in [3.8, 4) is 17.2 Å². The molecular formula is C22H22ClNO4S2. The van der Waals surface area contributed by atoms with Crippen LogP contribution < -0.4 is 19.5 Å². The molecule has 8 heteroatoms. The molecule has 158 valence electrons. The Morgan fingerprint density at radius 1 is 1.10 bits per heavy atom. The van der Waals surface area contributed by atoms with Gasteiger partial charge in [-0.3, -0.25) is 4.79 Å². The molecule has 3 rings (SSSR count). The number of methoxy groups -OCH3 is 1. The molecule has 0 bridgehead atoms. The quantitative estimate of drug-likeness (QED) is 0.325. The second-order valence-electron chi connectivity index (χ2n) is 6.76. The first-order valence-electron chi connectivity index (χ1n) is 9.32. The van der Waals surface area contributed by atoms with Crippen molar-refractivity contribution < 1.29 is 19.0 Å². The number of nitrogens with one attached hydrogen (secondary N) is 1. The Bertz CT molecular complexity index is 987. The highest BCUT2D eigenvalue weighted by Gasteiger charge is 2.22. The predicted octanol–water partition coefficient (Wildman–Crippen LogP) is 5.30. The second kappa shape index (κ2) is 10.2. The lowest BCUT2D eigenvalue weighted by molar-refractivity contribution is -0.115. The summed E-state index contributed by atoms with van der Waals surface area (Å²) in [5, 5.41) is 2.99. The van der Waals surface area contributed by atoms with E-state index in [0.717, 1.165) is 11.3 Å². The highest BCUT2D eigenvalue weighted by atomic mass is 35.5. The van der Waals surface area contributed by atoms with Crippen LogP contribution in [0.5, 0.6) is 17.2 Å². The van der Waals surface area contributed by atoms with E-state index < -0.39 is 0 Å². The summed E-state index contributed by atoms with van der Waals surface area (Å²) in [6, 6.07) is 9.63. The minimum absolute atomic E-state index is 0.218.